The summed E-state index contributed by atoms with van der Waals surface area (Å²) < 4.78 is 0.449. The summed E-state index contributed by atoms with van der Waals surface area (Å²) in [5.74, 6) is 5.94. The predicted molar refractivity (Wildman–Crippen MR) is 133 cm³/mol. The zero-order valence-electron chi connectivity index (χ0n) is 19.7. The molecule has 2 aromatic carbocycles. The first kappa shape index (κ1) is 21.1. The normalized spacial score (nSPS) is 36.4. The van der Waals surface area contributed by atoms with Gasteiger partial charge in [0.1, 0.15) is 0 Å². The van der Waals surface area contributed by atoms with Crippen molar-refractivity contribution in [1.29, 1.82) is 0 Å². The first-order valence-corrected chi connectivity index (χ1v) is 14.7. The number of hydrogen-bond donors (Lipinski definition) is 0. The van der Waals surface area contributed by atoms with Crippen LogP contribution >= 0.6 is 0 Å². The Morgan fingerprint density at radius 3 is 1.67 bits per heavy atom. The van der Waals surface area contributed by atoms with E-state index in [1.165, 1.54) is 74.5 Å². The minimum absolute atomic E-state index is 0.449. The van der Waals surface area contributed by atoms with Crippen molar-refractivity contribution in [3.8, 4) is 0 Å². The molecule has 33 heavy (non-hydrogen) atoms. The van der Waals surface area contributed by atoms with Crippen LogP contribution in [0.4, 0.5) is 0 Å². The molecule has 0 aromatic heterocycles. The average Bonchev–Trinajstić information content (AvgIpc) is 3.70. The molecular weight excluding hydrogens is 476 g/mol. The van der Waals surface area contributed by atoms with Crippen LogP contribution in [0, 0.1) is 35.5 Å². The van der Waals surface area contributed by atoms with Crippen LogP contribution in [0.3, 0.4) is 0 Å². The SMILES string of the molecule is [Zr][C](C1=C(c2ccccc2)C(c2ccccc2)=CC1)(C1CC2CCC1C2)C1CC2CCC1C2. The second-order valence-electron chi connectivity index (χ2n) is 11.8. The second kappa shape index (κ2) is 8.19. The van der Waals surface area contributed by atoms with Crippen LogP contribution < -0.4 is 0 Å². The Kier molecular flexibility index (Phi) is 5.24. The van der Waals surface area contributed by atoms with E-state index >= 15 is 0 Å². The van der Waals surface area contributed by atoms with Gasteiger partial charge in [0.05, 0.1) is 0 Å². The molecule has 0 nitrogen and oxygen atoms in total. The first-order valence-electron chi connectivity index (χ1n) is 13.5. The van der Waals surface area contributed by atoms with Crippen molar-refractivity contribution in [1.82, 2.24) is 0 Å². The van der Waals surface area contributed by atoms with Gasteiger partial charge in [-0.05, 0) is 0 Å². The molecule has 0 radical (unpaired) electrons. The summed E-state index contributed by atoms with van der Waals surface area (Å²) in [5, 5.41) is 0. The fourth-order valence-corrected chi connectivity index (χ4v) is 11.4. The van der Waals surface area contributed by atoms with Gasteiger partial charge in [0.2, 0.25) is 0 Å². The van der Waals surface area contributed by atoms with Crippen molar-refractivity contribution >= 4 is 11.1 Å². The van der Waals surface area contributed by atoms with Crippen LogP contribution in [0.2, 0.25) is 3.12 Å². The number of benzene rings is 2. The molecule has 0 spiro atoms. The van der Waals surface area contributed by atoms with Gasteiger partial charge in [0, 0.05) is 0 Å². The predicted octanol–water partition coefficient (Wildman–Crippen LogP) is 8.51. The first-order chi connectivity index (χ1) is 16.2. The van der Waals surface area contributed by atoms with Crippen molar-refractivity contribution in [3.63, 3.8) is 0 Å². The molecule has 167 valence electrons. The zero-order chi connectivity index (χ0) is 22.0. The van der Waals surface area contributed by atoms with Gasteiger partial charge in [0.25, 0.3) is 0 Å². The summed E-state index contributed by atoms with van der Waals surface area (Å²) in [6.07, 6.45) is 16.0. The minimum atomic E-state index is 0.449. The summed E-state index contributed by atoms with van der Waals surface area (Å²) in [7, 11) is 0. The van der Waals surface area contributed by atoms with Gasteiger partial charge >= 0.3 is 216 Å². The van der Waals surface area contributed by atoms with Gasteiger partial charge < -0.3 is 0 Å². The van der Waals surface area contributed by atoms with Gasteiger partial charge in [-0.2, -0.15) is 0 Å². The standard InChI is InChI=1S/C32H35.Zr/c1-3-7-23(8-4-1)27-15-16-28(31(27)24-9-5-2-6-10-24)32(29-19-21-11-13-25(29)17-21)30-20-22-12-14-26(30)18-22;/h1-10,15,21-22,25-26,29-30H,11-14,16-20H2;. The Labute approximate surface area is 214 Å². The summed E-state index contributed by atoms with van der Waals surface area (Å²) in [5.41, 5.74) is 7.84. The van der Waals surface area contributed by atoms with E-state index in [4.69, 9.17) is 0 Å². The van der Waals surface area contributed by atoms with Crippen molar-refractivity contribution in [3.05, 3.63) is 83.4 Å². The van der Waals surface area contributed by atoms with E-state index in [1.807, 2.05) is 30.3 Å². The number of fused-ring (bicyclic) bond motifs is 4. The molecule has 0 amide bonds. The number of hydrogen-bond acceptors (Lipinski definition) is 0. The van der Waals surface area contributed by atoms with Gasteiger partial charge in [-0.25, -0.2) is 0 Å². The summed E-state index contributed by atoms with van der Waals surface area (Å²) >= 11 is 1.83. The Bertz CT molecular complexity index is 1070. The second-order valence-corrected chi connectivity index (χ2v) is 13.9. The van der Waals surface area contributed by atoms with Gasteiger partial charge in [0.15, 0.2) is 0 Å². The van der Waals surface area contributed by atoms with E-state index in [0.717, 1.165) is 35.5 Å². The Balaban J connectivity index is 1.41. The molecule has 2 aromatic rings. The van der Waals surface area contributed by atoms with Gasteiger partial charge in [-0.1, -0.05) is 0 Å². The van der Waals surface area contributed by atoms with E-state index in [0.29, 0.717) is 3.12 Å². The zero-order valence-corrected chi connectivity index (χ0v) is 22.1. The van der Waals surface area contributed by atoms with E-state index in [9.17, 15) is 0 Å². The van der Waals surface area contributed by atoms with Crippen LogP contribution in [-0.4, -0.2) is 0 Å². The van der Waals surface area contributed by atoms with Crippen molar-refractivity contribution in [2.24, 2.45) is 35.5 Å². The van der Waals surface area contributed by atoms with Gasteiger partial charge in [-0.3, -0.25) is 0 Å². The Morgan fingerprint density at radius 2 is 1.18 bits per heavy atom. The molecular formula is C32H35Zr. The fourth-order valence-electron chi connectivity index (χ4n) is 9.09. The molecule has 4 bridgehead atoms. The molecule has 1 heteroatoms. The molecule has 6 atom stereocenters. The summed E-state index contributed by atoms with van der Waals surface area (Å²) in [6.45, 7) is 0. The van der Waals surface area contributed by atoms with Crippen LogP contribution in [0.1, 0.15) is 68.9 Å². The van der Waals surface area contributed by atoms with Crippen molar-refractivity contribution < 1.29 is 24.7 Å². The maximum absolute atomic E-state index is 2.60. The Morgan fingerprint density at radius 1 is 0.636 bits per heavy atom. The summed E-state index contributed by atoms with van der Waals surface area (Å²) in [4.78, 5) is 0. The molecule has 7 rings (SSSR count). The number of rotatable bonds is 5. The van der Waals surface area contributed by atoms with Crippen molar-refractivity contribution in [2.45, 2.75) is 60.9 Å². The molecule has 4 saturated carbocycles. The molecule has 0 aliphatic heterocycles. The van der Waals surface area contributed by atoms with Gasteiger partial charge in [-0.15, -0.1) is 0 Å². The van der Waals surface area contributed by atoms with E-state index in [-0.39, 0.29) is 0 Å². The van der Waals surface area contributed by atoms with E-state index in [1.54, 1.807) is 5.57 Å². The van der Waals surface area contributed by atoms with Crippen LogP contribution in [0.15, 0.2) is 72.3 Å². The van der Waals surface area contributed by atoms with E-state index < -0.39 is 0 Å². The fraction of sp³-hybridized carbons (Fsp3) is 0.500. The molecule has 5 aliphatic rings. The van der Waals surface area contributed by atoms with E-state index in [2.05, 4.69) is 66.7 Å². The quantitative estimate of drug-likeness (QED) is 0.378. The topological polar surface area (TPSA) is 0 Å². The third-order valence-electron chi connectivity index (χ3n) is 10.4. The van der Waals surface area contributed by atoms with Crippen LogP contribution in [-0.2, 0) is 24.7 Å². The Hall–Kier alpha value is -1.20. The van der Waals surface area contributed by atoms with Crippen molar-refractivity contribution in [2.75, 3.05) is 0 Å². The maximum atomic E-state index is 2.60. The molecule has 0 heterocycles. The monoisotopic (exact) mass is 509 g/mol. The van der Waals surface area contributed by atoms with Crippen LogP contribution in [0.25, 0.3) is 11.1 Å². The number of allylic oxidation sites excluding steroid dienone is 4. The van der Waals surface area contributed by atoms with Crippen LogP contribution in [0.5, 0.6) is 0 Å². The average molecular weight is 511 g/mol. The third kappa shape index (κ3) is 3.31. The molecule has 6 unspecified atom stereocenters. The molecule has 4 fully saturated rings. The third-order valence-corrected chi connectivity index (χ3v) is 12.9. The molecule has 0 saturated heterocycles. The molecule has 5 aliphatic carbocycles. The molecule has 0 N–H and O–H groups in total. The summed E-state index contributed by atoms with van der Waals surface area (Å²) in [6, 6.07) is 22.7.